The van der Waals surface area contributed by atoms with Crippen LogP contribution in [0.1, 0.15) is 60.3 Å². The number of hydrogen-bond acceptors (Lipinski definition) is 5. The lowest BCUT2D eigenvalue weighted by atomic mass is 9.80. The number of carbonyl (C=O) groups is 5. The highest BCUT2D eigenvalue weighted by molar-refractivity contribution is 6.37. The summed E-state index contributed by atoms with van der Waals surface area (Å²) in [5, 5.41) is 4.41. The van der Waals surface area contributed by atoms with Gasteiger partial charge in [-0.2, -0.15) is 13.2 Å². The van der Waals surface area contributed by atoms with Crippen LogP contribution in [0.25, 0.3) is 0 Å². The molecule has 0 spiro atoms. The third kappa shape index (κ3) is 5.36. The summed E-state index contributed by atoms with van der Waals surface area (Å²) in [6, 6.07) is -3.74. The van der Waals surface area contributed by atoms with Crippen LogP contribution >= 0.6 is 0 Å². The van der Waals surface area contributed by atoms with Gasteiger partial charge >= 0.3 is 12.1 Å². The number of ketones is 1. The highest BCUT2D eigenvalue weighted by Gasteiger charge is 2.70. The fourth-order valence-electron chi connectivity index (χ4n) is 5.56. The van der Waals surface area contributed by atoms with Gasteiger partial charge in [0.05, 0.1) is 6.04 Å². The number of rotatable bonds is 8. The molecular formula is C24H35F3N4O5. The minimum absolute atomic E-state index is 0.0759. The van der Waals surface area contributed by atoms with Crippen LogP contribution in [0.15, 0.2) is 0 Å². The van der Waals surface area contributed by atoms with Crippen molar-refractivity contribution < 1.29 is 37.1 Å². The maximum absolute atomic E-state index is 13.5. The maximum Gasteiger partial charge on any atom is 0.471 e. The van der Waals surface area contributed by atoms with Crippen molar-refractivity contribution in [3.8, 4) is 0 Å². The minimum Gasteiger partial charge on any atom is -0.363 e. The molecule has 0 bridgehead atoms. The molecular weight excluding hydrogens is 481 g/mol. The predicted octanol–water partition coefficient (Wildman–Crippen LogP) is 1.29. The van der Waals surface area contributed by atoms with Crippen molar-refractivity contribution in [2.75, 3.05) is 6.54 Å². The number of nitrogens with two attached hydrogens (primary N) is 1. The van der Waals surface area contributed by atoms with Gasteiger partial charge in [0.25, 0.3) is 5.91 Å². The van der Waals surface area contributed by atoms with Gasteiger partial charge in [-0.15, -0.1) is 0 Å². The molecule has 0 radical (unpaired) electrons. The Balaban J connectivity index is 1.86. The van der Waals surface area contributed by atoms with Crippen LogP contribution in [0.3, 0.4) is 0 Å². The molecule has 4 N–H and O–H groups in total. The summed E-state index contributed by atoms with van der Waals surface area (Å²) in [6.07, 6.45) is -2.24. The number of piperidine rings is 1. The summed E-state index contributed by atoms with van der Waals surface area (Å²) in [5.74, 6) is -6.01. The first-order valence-electron chi connectivity index (χ1n) is 12.2. The standard InChI is InChI=1S/C24H35F3N4O5/c1-22(2,3)17(30-21(36)24(25,26)27)20(35)31-10-12-14(23(12,4)5)15(31)19(34)29-13(16(32)18(28)33)9-11-7-6-8-11/h11-15,17H,6-10H2,1-5H3,(H2,28,33)(H,29,34)(H,30,36)/t12-,13?,14-,15-,17+/m0/s1. The Bertz CT molecular complexity index is 954. The van der Waals surface area contributed by atoms with Crippen LogP contribution in [0, 0.1) is 28.6 Å². The molecule has 1 saturated heterocycles. The van der Waals surface area contributed by atoms with Gasteiger partial charge < -0.3 is 21.3 Å². The van der Waals surface area contributed by atoms with Crippen molar-refractivity contribution in [2.45, 2.75) is 84.6 Å². The zero-order valence-electron chi connectivity index (χ0n) is 21.2. The van der Waals surface area contributed by atoms with E-state index in [1.165, 1.54) is 25.7 Å². The molecule has 3 fully saturated rings. The van der Waals surface area contributed by atoms with Gasteiger partial charge in [0.2, 0.25) is 17.6 Å². The van der Waals surface area contributed by atoms with E-state index in [1.807, 2.05) is 13.8 Å². The lowest BCUT2D eigenvalue weighted by Crippen LogP contribution is -2.61. The zero-order chi connectivity index (χ0) is 27.4. The third-order valence-corrected chi connectivity index (χ3v) is 8.08. The molecule has 202 valence electrons. The molecule has 36 heavy (non-hydrogen) atoms. The van der Waals surface area contributed by atoms with Crippen LogP contribution in [0.2, 0.25) is 0 Å². The van der Waals surface area contributed by atoms with E-state index in [1.54, 1.807) is 5.32 Å². The Hall–Kier alpha value is -2.66. The zero-order valence-corrected chi connectivity index (χ0v) is 21.2. The van der Waals surface area contributed by atoms with Gasteiger partial charge in [-0.25, -0.2) is 0 Å². The number of carbonyl (C=O) groups excluding carboxylic acids is 5. The Morgan fingerprint density at radius 3 is 2.08 bits per heavy atom. The van der Waals surface area contributed by atoms with Crippen molar-refractivity contribution in [2.24, 2.45) is 34.3 Å². The second-order valence-electron chi connectivity index (χ2n) is 12.0. The van der Waals surface area contributed by atoms with E-state index in [0.29, 0.717) is 0 Å². The second kappa shape index (κ2) is 9.33. The molecule has 12 heteroatoms. The van der Waals surface area contributed by atoms with E-state index in [0.717, 1.165) is 19.3 Å². The first-order chi connectivity index (χ1) is 16.4. The number of alkyl halides is 3. The first kappa shape index (κ1) is 27.9. The first-order valence-corrected chi connectivity index (χ1v) is 12.2. The van der Waals surface area contributed by atoms with E-state index in [2.05, 4.69) is 5.32 Å². The number of likely N-dealkylation sites (tertiary alicyclic amines) is 1. The molecule has 3 aliphatic rings. The number of nitrogens with zero attached hydrogens (tertiary/aromatic N) is 1. The van der Waals surface area contributed by atoms with Crippen molar-refractivity contribution in [1.82, 2.24) is 15.5 Å². The number of hydrogen-bond donors (Lipinski definition) is 3. The van der Waals surface area contributed by atoms with Crippen molar-refractivity contribution in [3.05, 3.63) is 0 Å². The van der Waals surface area contributed by atoms with Crippen molar-refractivity contribution in [1.29, 1.82) is 0 Å². The molecule has 1 aliphatic heterocycles. The minimum atomic E-state index is -5.18. The SMILES string of the molecule is CC(C)(C)[C@H](NC(=O)C(F)(F)F)C(=O)N1C[C@H]2[C@@H]([C@H]1C(=O)NC(CC1CCC1)C(=O)C(N)=O)C2(C)C. The van der Waals surface area contributed by atoms with Crippen LogP contribution in [0.5, 0.6) is 0 Å². The molecule has 3 rings (SSSR count). The third-order valence-electron chi connectivity index (χ3n) is 8.08. The van der Waals surface area contributed by atoms with Crippen LogP contribution in [-0.2, 0) is 24.0 Å². The lowest BCUT2D eigenvalue weighted by molar-refractivity contribution is -0.176. The number of nitrogens with one attached hydrogen (secondary N) is 2. The fraction of sp³-hybridized carbons (Fsp3) is 0.792. The van der Waals surface area contributed by atoms with Gasteiger partial charge in [-0.1, -0.05) is 53.9 Å². The van der Waals surface area contributed by atoms with Crippen molar-refractivity contribution >= 4 is 29.4 Å². The number of amides is 4. The number of halogens is 3. The molecule has 1 unspecified atom stereocenters. The highest BCUT2D eigenvalue weighted by atomic mass is 19.4. The van der Waals surface area contributed by atoms with E-state index >= 15 is 0 Å². The monoisotopic (exact) mass is 516 g/mol. The molecule has 9 nitrogen and oxygen atoms in total. The fourth-order valence-corrected chi connectivity index (χ4v) is 5.56. The molecule has 4 amide bonds. The van der Waals surface area contributed by atoms with E-state index in [4.69, 9.17) is 5.73 Å². The average Bonchev–Trinajstić information content (AvgIpc) is 3.06. The van der Waals surface area contributed by atoms with E-state index in [-0.39, 0.29) is 36.1 Å². The number of fused-ring (bicyclic) bond motifs is 1. The molecule has 2 saturated carbocycles. The van der Waals surface area contributed by atoms with Gasteiger partial charge in [0, 0.05) is 6.54 Å². The lowest BCUT2D eigenvalue weighted by Gasteiger charge is -2.38. The summed E-state index contributed by atoms with van der Waals surface area (Å²) < 4.78 is 38.9. The van der Waals surface area contributed by atoms with Crippen molar-refractivity contribution in [3.63, 3.8) is 0 Å². The summed E-state index contributed by atoms with van der Waals surface area (Å²) >= 11 is 0. The quantitative estimate of drug-likeness (QED) is 0.418. The van der Waals surface area contributed by atoms with Gasteiger partial charge in [-0.3, -0.25) is 24.0 Å². The van der Waals surface area contributed by atoms with E-state index < -0.39 is 59.1 Å². The summed E-state index contributed by atoms with van der Waals surface area (Å²) in [5.41, 5.74) is 3.80. The van der Waals surface area contributed by atoms with Crippen LogP contribution < -0.4 is 16.4 Å². The average molecular weight is 517 g/mol. The Morgan fingerprint density at radius 1 is 1.06 bits per heavy atom. The Kier molecular flexibility index (Phi) is 7.24. The van der Waals surface area contributed by atoms with Gasteiger partial charge in [-0.05, 0) is 35.0 Å². The summed E-state index contributed by atoms with van der Waals surface area (Å²) in [4.78, 5) is 63.9. The van der Waals surface area contributed by atoms with Crippen LogP contribution in [-0.4, -0.2) is 65.2 Å². The largest absolute Gasteiger partial charge is 0.471 e. The number of Topliss-reactive ketones (excluding diaryl/α,β-unsaturated/α-hetero) is 1. The second-order valence-corrected chi connectivity index (χ2v) is 12.0. The molecule has 5 atom stereocenters. The summed E-state index contributed by atoms with van der Waals surface area (Å²) in [6.45, 7) is 8.53. The van der Waals surface area contributed by atoms with Crippen LogP contribution in [0.4, 0.5) is 13.2 Å². The van der Waals surface area contributed by atoms with Gasteiger partial charge in [0.1, 0.15) is 12.1 Å². The Labute approximate surface area is 208 Å². The molecule has 0 aromatic heterocycles. The number of primary amides is 1. The summed E-state index contributed by atoms with van der Waals surface area (Å²) in [7, 11) is 0. The highest BCUT2D eigenvalue weighted by Crippen LogP contribution is 2.65. The van der Waals surface area contributed by atoms with Gasteiger partial charge in [0.15, 0.2) is 0 Å². The molecule has 0 aromatic carbocycles. The maximum atomic E-state index is 13.5. The predicted molar refractivity (Wildman–Crippen MR) is 122 cm³/mol. The molecule has 0 aromatic rings. The van der Waals surface area contributed by atoms with E-state index in [9.17, 15) is 37.1 Å². The molecule has 1 heterocycles. The smallest absolute Gasteiger partial charge is 0.363 e. The molecule has 2 aliphatic carbocycles. The Morgan fingerprint density at radius 2 is 1.64 bits per heavy atom. The topological polar surface area (TPSA) is 139 Å². The normalized spacial score (nSPS) is 26.8.